The van der Waals surface area contributed by atoms with Crippen LogP contribution < -0.4 is 0 Å². The zero-order valence-electron chi connectivity index (χ0n) is 21.4. The summed E-state index contributed by atoms with van der Waals surface area (Å²) in [6.45, 7) is 3.70. The number of hydrogen-bond acceptors (Lipinski definition) is 8. The Morgan fingerprint density at radius 3 is 2.84 bits per heavy atom. The van der Waals surface area contributed by atoms with E-state index in [9.17, 15) is 14.7 Å². The topological polar surface area (TPSA) is 99.9 Å². The van der Waals surface area contributed by atoms with Crippen LogP contribution in [-0.2, 0) is 25.7 Å². The normalized spacial score (nSPS) is 40.4. The van der Waals surface area contributed by atoms with Gasteiger partial charge in [-0.15, -0.1) is 11.3 Å². The number of carbonyl (C=O) groups is 2. The third-order valence-corrected chi connectivity index (χ3v) is 10.5. The predicted molar refractivity (Wildman–Crippen MR) is 135 cm³/mol. The number of alkyl halides is 1. The standard InChI is InChI=1S/C28H33FN2O5S/c1-25-10-8-19(32)15-18(25)6-7-22-21-9-11-27(24(34)35-13-12-30,26(21,2)16-23(33)28(22,25)29)36-31(3)17-20-5-4-14-37-20/h4-5,8,10,14-15,21-23,33H,6-7,9,11,13,16-17H2,1-3H3/t21-,22-,23-,25-,26-,27-,28-/m0/s1. The van der Waals surface area contributed by atoms with Crippen LogP contribution in [0, 0.1) is 34.0 Å². The van der Waals surface area contributed by atoms with E-state index >= 15 is 4.39 Å². The molecule has 0 unspecified atom stereocenters. The fourth-order valence-corrected chi connectivity index (χ4v) is 8.60. The zero-order chi connectivity index (χ0) is 26.6. The van der Waals surface area contributed by atoms with Crippen molar-refractivity contribution >= 4 is 23.1 Å². The summed E-state index contributed by atoms with van der Waals surface area (Å²) in [5, 5.41) is 24.2. The molecule has 0 amide bonds. The van der Waals surface area contributed by atoms with Crippen LogP contribution in [-0.4, -0.2) is 53.0 Å². The van der Waals surface area contributed by atoms with E-state index in [1.807, 2.05) is 30.5 Å². The van der Waals surface area contributed by atoms with Crippen molar-refractivity contribution in [2.24, 2.45) is 22.7 Å². The molecule has 0 radical (unpaired) electrons. The first-order valence-corrected chi connectivity index (χ1v) is 13.7. The SMILES string of the molecule is CN(Cc1cccs1)O[C@]1(C(=O)OCC#N)CC[C@H]2[C@@H]3CCC4=CC(=O)C=C[C@]4(C)[C@@]3(F)[C@@H](O)C[C@@]21C. The Bertz CT molecular complexity index is 1190. The average Bonchev–Trinajstić information content (AvgIpc) is 3.45. The number of ketones is 1. The molecule has 0 saturated heterocycles. The monoisotopic (exact) mass is 528 g/mol. The highest BCUT2D eigenvalue weighted by atomic mass is 32.1. The van der Waals surface area contributed by atoms with Gasteiger partial charge in [0, 0.05) is 28.7 Å². The number of ether oxygens (including phenoxy) is 1. The van der Waals surface area contributed by atoms with E-state index in [1.54, 1.807) is 36.4 Å². The van der Waals surface area contributed by atoms with Crippen molar-refractivity contribution in [1.29, 1.82) is 5.26 Å². The van der Waals surface area contributed by atoms with Crippen LogP contribution in [0.5, 0.6) is 0 Å². The minimum absolute atomic E-state index is 0.0101. The van der Waals surface area contributed by atoms with Crippen molar-refractivity contribution in [3.63, 3.8) is 0 Å². The molecule has 9 heteroatoms. The molecule has 0 spiro atoms. The number of rotatable bonds is 6. The molecule has 0 aliphatic heterocycles. The Kier molecular flexibility index (Phi) is 6.47. The van der Waals surface area contributed by atoms with E-state index in [4.69, 9.17) is 14.8 Å². The highest BCUT2D eigenvalue weighted by molar-refractivity contribution is 7.09. The quantitative estimate of drug-likeness (QED) is 0.434. The lowest BCUT2D eigenvalue weighted by molar-refractivity contribution is -0.294. The molecular weight excluding hydrogens is 495 g/mol. The molecule has 4 aliphatic rings. The number of esters is 1. The first kappa shape index (κ1) is 26.2. The maximum Gasteiger partial charge on any atom is 0.342 e. The van der Waals surface area contributed by atoms with E-state index in [0.717, 1.165) is 4.88 Å². The molecule has 198 valence electrons. The highest BCUT2D eigenvalue weighted by Crippen LogP contribution is 2.70. The number of hydroxylamine groups is 2. The summed E-state index contributed by atoms with van der Waals surface area (Å²) in [5.41, 5.74) is -4.79. The first-order valence-electron chi connectivity index (χ1n) is 12.8. The summed E-state index contributed by atoms with van der Waals surface area (Å²) in [7, 11) is 1.75. The van der Waals surface area contributed by atoms with Crippen LogP contribution in [0.2, 0.25) is 0 Å². The van der Waals surface area contributed by atoms with Crippen LogP contribution >= 0.6 is 11.3 Å². The molecule has 5 rings (SSSR count). The van der Waals surface area contributed by atoms with Crippen LogP contribution in [0.1, 0.15) is 50.8 Å². The van der Waals surface area contributed by atoms with Crippen molar-refractivity contribution in [2.45, 2.75) is 69.9 Å². The van der Waals surface area contributed by atoms with Gasteiger partial charge < -0.3 is 9.84 Å². The van der Waals surface area contributed by atoms with Gasteiger partial charge in [0.2, 0.25) is 0 Å². The minimum Gasteiger partial charge on any atom is -0.448 e. The van der Waals surface area contributed by atoms with Crippen molar-refractivity contribution in [3.05, 3.63) is 46.2 Å². The van der Waals surface area contributed by atoms with Gasteiger partial charge in [-0.3, -0.25) is 9.63 Å². The number of carbonyl (C=O) groups excluding carboxylic acids is 2. The number of fused-ring (bicyclic) bond motifs is 5. The molecule has 0 bridgehead atoms. The lowest BCUT2D eigenvalue weighted by atomic mass is 9.45. The number of hydrogen-bond donors (Lipinski definition) is 1. The molecule has 3 saturated carbocycles. The van der Waals surface area contributed by atoms with E-state index in [-0.39, 0.29) is 18.1 Å². The zero-order valence-corrected chi connectivity index (χ0v) is 22.2. The summed E-state index contributed by atoms with van der Waals surface area (Å²) in [6.07, 6.45) is 4.95. The van der Waals surface area contributed by atoms with Crippen molar-refractivity contribution in [3.8, 4) is 6.07 Å². The molecule has 1 aromatic heterocycles. The maximum absolute atomic E-state index is 17.4. The molecule has 37 heavy (non-hydrogen) atoms. The van der Waals surface area contributed by atoms with Gasteiger partial charge in [0.1, 0.15) is 6.07 Å². The molecule has 1 heterocycles. The van der Waals surface area contributed by atoms with Gasteiger partial charge in [-0.1, -0.05) is 24.6 Å². The molecule has 7 nitrogen and oxygen atoms in total. The van der Waals surface area contributed by atoms with Crippen molar-refractivity contribution in [1.82, 2.24) is 5.06 Å². The third-order valence-electron chi connectivity index (χ3n) is 9.63. The van der Waals surface area contributed by atoms with Crippen LogP contribution in [0.3, 0.4) is 0 Å². The second kappa shape index (κ2) is 9.12. The van der Waals surface area contributed by atoms with Crippen LogP contribution in [0.15, 0.2) is 41.3 Å². The van der Waals surface area contributed by atoms with Crippen molar-refractivity contribution < 1.29 is 28.7 Å². The Morgan fingerprint density at radius 2 is 2.14 bits per heavy atom. The van der Waals surface area contributed by atoms with Gasteiger partial charge in [0.15, 0.2) is 23.7 Å². The molecule has 1 aromatic rings. The fraction of sp³-hybridized carbons (Fsp3) is 0.607. The Balaban J connectivity index is 1.53. The van der Waals surface area contributed by atoms with Gasteiger partial charge in [-0.2, -0.15) is 10.3 Å². The Labute approximate surface area is 220 Å². The average molecular weight is 529 g/mol. The lowest BCUT2D eigenvalue weighted by Crippen LogP contribution is -2.69. The number of halogens is 1. The van der Waals surface area contributed by atoms with E-state index in [1.165, 1.54) is 12.2 Å². The van der Waals surface area contributed by atoms with E-state index in [0.29, 0.717) is 37.8 Å². The largest absolute Gasteiger partial charge is 0.448 e. The van der Waals surface area contributed by atoms with Gasteiger partial charge in [-0.05, 0) is 68.5 Å². The highest BCUT2D eigenvalue weighted by Gasteiger charge is 2.75. The van der Waals surface area contributed by atoms with Crippen LogP contribution in [0.4, 0.5) is 4.39 Å². The summed E-state index contributed by atoms with van der Waals surface area (Å²) < 4.78 is 22.7. The summed E-state index contributed by atoms with van der Waals surface area (Å²) in [5.74, 6) is -1.62. The first-order chi connectivity index (χ1) is 17.5. The predicted octanol–water partition coefficient (Wildman–Crippen LogP) is 4.29. The maximum atomic E-state index is 17.4. The molecule has 4 aliphatic carbocycles. The lowest BCUT2D eigenvalue weighted by Gasteiger charge is -2.62. The minimum atomic E-state index is -1.99. The number of aliphatic hydroxyl groups is 1. The van der Waals surface area contributed by atoms with Crippen molar-refractivity contribution in [2.75, 3.05) is 13.7 Å². The van der Waals surface area contributed by atoms with Gasteiger partial charge >= 0.3 is 5.97 Å². The molecule has 0 aromatic carbocycles. The number of allylic oxidation sites excluding steroid dienone is 4. The summed E-state index contributed by atoms with van der Waals surface area (Å²) in [4.78, 5) is 33.2. The summed E-state index contributed by atoms with van der Waals surface area (Å²) >= 11 is 1.57. The molecule has 1 N–H and O–H groups in total. The van der Waals surface area contributed by atoms with Gasteiger partial charge in [0.05, 0.1) is 12.6 Å². The molecule has 7 atom stereocenters. The molecular formula is C28H33FN2O5S. The van der Waals surface area contributed by atoms with Gasteiger partial charge in [-0.25, -0.2) is 9.18 Å². The number of nitrogens with zero attached hydrogens (tertiary/aromatic N) is 2. The number of nitriles is 1. The Hall–Kier alpha value is -2.38. The van der Waals surface area contributed by atoms with Gasteiger partial charge in [0.25, 0.3) is 0 Å². The second-order valence-corrected chi connectivity index (χ2v) is 12.4. The van der Waals surface area contributed by atoms with E-state index in [2.05, 4.69) is 0 Å². The molecule has 3 fully saturated rings. The van der Waals surface area contributed by atoms with E-state index < -0.39 is 46.7 Å². The fourth-order valence-electron chi connectivity index (χ4n) is 7.86. The summed E-state index contributed by atoms with van der Waals surface area (Å²) in [6, 6.07) is 5.77. The Morgan fingerprint density at radius 1 is 1.35 bits per heavy atom. The number of aliphatic hydroxyl groups excluding tert-OH is 1. The second-order valence-electron chi connectivity index (χ2n) is 11.3. The van der Waals surface area contributed by atoms with Crippen LogP contribution in [0.25, 0.3) is 0 Å². The number of thiophene rings is 1. The smallest absolute Gasteiger partial charge is 0.342 e. The third kappa shape index (κ3) is 3.68.